The summed E-state index contributed by atoms with van der Waals surface area (Å²) in [5, 5.41) is 6.18. The highest BCUT2D eigenvalue weighted by Gasteiger charge is 2.18. The number of hydrogen-bond acceptors (Lipinski definition) is 3. The van der Waals surface area contributed by atoms with E-state index in [-0.39, 0.29) is 17.8 Å². The quantitative estimate of drug-likeness (QED) is 0.748. The zero-order valence-corrected chi connectivity index (χ0v) is 7.69. The molecule has 1 N–H and O–H groups in total. The number of carbonyl (C=O) groups excluding carboxylic acids is 1. The lowest BCUT2D eigenvalue weighted by atomic mass is 10.3. The summed E-state index contributed by atoms with van der Waals surface area (Å²) >= 11 is 0. The van der Waals surface area contributed by atoms with Gasteiger partial charge >= 0.3 is 0 Å². The van der Waals surface area contributed by atoms with E-state index in [1.165, 1.54) is 17.4 Å². The van der Waals surface area contributed by atoms with Crippen LogP contribution in [0.4, 0.5) is 0 Å². The number of nitrogens with zero attached hydrogens (tertiary/aromatic N) is 3. The summed E-state index contributed by atoms with van der Waals surface area (Å²) in [6.07, 6.45) is 2.85. The zero-order valence-electron chi connectivity index (χ0n) is 7.69. The fourth-order valence-electron chi connectivity index (χ4n) is 0.956. The van der Waals surface area contributed by atoms with Crippen molar-refractivity contribution in [3.8, 4) is 0 Å². The van der Waals surface area contributed by atoms with Gasteiger partial charge in [0.1, 0.15) is 6.33 Å². The summed E-state index contributed by atoms with van der Waals surface area (Å²) in [4.78, 5) is 16.8. The lowest BCUT2D eigenvalue weighted by Gasteiger charge is -2.20. The molecule has 1 amide bonds. The topological polar surface area (TPSA) is 61.9 Å². The highest BCUT2D eigenvalue weighted by atomic mass is 16.2. The molecule has 0 spiro atoms. The fraction of sp³-hybridized carbons (Fsp3) is 0.375. The van der Waals surface area contributed by atoms with Crippen molar-refractivity contribution >= 4 is 5.91 Å². The van der Waals surface area contributed by atoms with Gasteiger partial charge in [0.2, 0.25) is 5.82 Å². The Hall–Kier alpha value is -1.65. The first-order valence-electron chi connectivity index (χ1n) is 3.97. The molecule has 0 atom stereocenters. The molecule has 1 aromatic heterocycles. The van der Waals surface area contributed by atoms with Crippen molar-refractivity contribution in [1.82, 2.24) is 20.1 Å². The average molecular weight is 180 g/mol. The number of hydrogen-bond donors (Lipinski definition) is 1. The van der Waals surface area contributed by atoms with Crippen LogP contribution in [-0.2, 0) is 0 Å². The van der Waals surface area contributed by atoms with Crippen LogP contribution in [0.5, 0.6) is 0 Å². The summed E-state index contributed by atoms with van der Waals surface area (Å²) in [6.45, 7) is 7.34. The van der Waals surface area contributed by atoms with E-state index in [9.17, 15) is 4.79 Å². The number of carbonyl (C=O) groups is 1. The van der Waals surface area contributed by atoms with Crippen LogP contribution in [0.1, 0.15) is 24.5 Å². The fourth-order valence-corrected chi connectivity index (χ4v) is 0.956. The van der Waals surface area contributed by atoms with E-state index in [0.717, 1.165) is 0 Å². The predicted molar refractivity (Wildman–Crippen MR) is 47.9 cm³/mol. The Bertz CT molecular complexity index is 291. The van der Waals surface area contributed by atoms with E-state index in [1.807, 2.05) is 13.8 Å². The molecule has 0 aliphatic carbocycles. The number of nitrogens with one attached hydrogen (secondary N) is 1. The molecular weight excluding hydrogens is 168 g/mol. The van der Waals surface area contributed by atoms with Crippen LogP contribution in [0, 0.1) is 0 Å². The molecule has 0 aromatic carbocycles. The van der Waals surface area contributed by atoms with Crippen LogP contribution in [0.25, 0.3) is 0 Å². The Labute approximate surface area is 76.5 Å². The van der Waals surface area contributed by atoms with Gasteiger partial charge in [0.15, 0.2) is 0 Å². The van der Waals surface area contributed by atoms with Crippen LogP contribution in [0.15, 0.2) is 19.1 Å². The van der Waals surface area contributed by atoms with E-state index in [1.54, 1.807) is 0 Å². The lowest BCUT2D eigenvalue weighted by Crippen LogP contribution is -2.32. The van der Waals surface area contributed by atoms with Crippen molar-refractivity contribution in [3.63, 3.8) is 0 Å². The summed E-state index contributed by atoms with van der Waals surface area (Å²) in [5.74, 6) is -0.0835. The third-order valence-electron chi connectivity index (χ3n) is 1.59. The third kappa shape index (κ3) is 1.93. The van der Waals surface area contributed by atoms with Gasteiger partial charge in [0, 0.05) is 12.2 Å². The number of H-pyrrole nitrogens is 1. The Balaban J connectivity index is 2.82. The maximum atomic E-state index is 11.6. The second-order valence-electron chi connectivity index (χ2n) is 2.81. The van der Waals surface area contributed by atoms with Crippen molar-refractivity contribution in [2.75, 3.05) is 0 Å². The molecule has 0 bridgehead atoms. The Morgan fingerprint density at radius 3 is 2.85 bits per heavy atom. The largest absolute Gasteiger partial charge is 0.310 e. The second-order valence-corrected chi connectivity index (χ2v) is 2.81. The number of aromatic nitrogens is 3. The van der Waals surface area contributed by atoms with E-state index in [4.69, 9.17) is 0 Å². The predicted octanol–water partition coefficient (Wildman–Crippen LogP) is 0.799. The van der Waals surface area contributed by atoms with E-state index in [0.29, 0.717) is 0 Å². The Kier molecular flexibility index (Phi) is 2.79. The summed E-state index contributed by atoms with van der Waals surface area (Å²) in [6, 6.07) is 0.0588. The molecule has 5 nitrogen and oxygen atoms in total. The summed E-state index contributed by atoms with van der Waals surface area (Å²) < 4.78 is 0. The summed E-state index contributed by atoms with van der Waals surface area (Å²) in [5.41, 5.74) is 0. The van der Waals surface area contributed by atoms with Gasteiger partial charge in [-0.15, -0.1) is 5.10 Å². The molecule has 0 unspecified atom stereocenters. The standard InChI is InChI=1S/C8H12N4O/c1-4-12(6(2)3)8(13)7-9-5-10-11-7/h4-6H,1H2,2-3H3,(H,9,10,11). The zero-order chi connectivity index (χ0) is 9.84. The monoisotopic (exact) mass is 180 g/mol. The van der Waals surface area contributed by atoms with Gasteiger partial charge in [-0.05, 0) is 13.8 Å². The molecule has 0 saturated heterocycles. The van der Waals surface area contributed by atoms with Gasteiger partial charge in [-0.1, -0.05) is 6.58 Å². The van der Waals surface area contributed by atoms with Crippen molar-refractivity contribution in [2.24, 2.45) is 0 Å². The van der Waals surface area contributed by atoms with Crippen LogP contribution in [-0.4, -0.2) is 32.0 Å². The van der Waals surface area contributed by atoms with E-state index >= 15 is 0 Å². The normalized spacial score (nSPS) is 10.1. The number of rotatable bonds is 3. The average Bonchev–Trinajstić information content (AvgIpc) is 2.56. The minimum atomic E-state index is -0.244. The van der Waals surface area contributed by atoms with Crippen LogP contribution in [0.3, 0.4) is 0 Å². The van der Waals surface area contributed by atoms with E-state index < -0.39 is 0 Å². The SMILES string of the molecule is C=CN(C(=O)c1nc[nH]n1)C(C)C. The second kappa shape index (κ2) is 3.84. The molecule has 0 saturated carbocycles. The first-order valence-corrected chi connectivity index (χ1v) is 3.97. The van der Waals surface area contributed by atoms with Gasteiger partial charge in [0.25, 0.3) is 5.91 Å². The number of amides is 1. The molecular formula is C8H12N4O. The maximum Gasteiger partial charge on any atom is 0.297 e. The summed E-state index contributed by atoms with van der Waals surface area (Å²) in [7, 11) is 0. The first-order chi connectivity index (χ1) is 6.16. The molecule has 1 aromatic rings. The molecule has 5 heteroatoms. The number of aromatic amines is 1. The van der Waals surface area contributed by atoms with Gasteiger partial charge < -0.3 is 4.90 Å². The van der Waals surface area contributed by atoms with Crippen molar-refractivity contribution in [1.29, 1.82) is 0 Å². The van der Waals surface area contributed by atoms with Crippen LogP contribution >= 0.6 is 0 Å². The molecule has 13 heavy (non-hydrogen) atoms. The smallest absolute Gasteiger partial charge is 0.297 e. The van der Waals surface area contributed by atoms with Crippen molar-refractivity contribution in [3.05, 3.63) is 24.9 Å². The van der Waals surface area contributed by atoms with Gasteiger partial charge in [-0.2, -0.15) is 0 Å². The van der Waals surface area contributed by atoms with Crippen molar-refractivity contribution in [2.45, 2.75) is 19.9 Å². The minimum Gasteiger partial charge on any atom is -0.310 e. The minimum absolute atomic E-state index is 0.0588. The Morgan fingerprint density at radius 2 is 2.46 bits per heavy atom. The molecule has 0 radical (unpaired) electrons. The Morgan fingerprint density at radius 1 is 1.77 bits per heavy atom. The maximum absolute atomic E-state index is 11.6. The molecule has 0 fully saturated rings. The van der Waals surface area contributed by atoms with Crippen LogP contribution < -0.4 is 0 Å². The lowest BCUT2D eigenvalue weighted by molar-refractivity contribution is 0.0777. The van der Waals surface area contributed by atoms with Crippen LogP contribution in [0.2, 0.25) is 0 Å². The third-order valence-corrected chi connectivity index (χ3v) is 1.59. The highest BCUT2D eigenvalue weighted by molar-refractivity contribution is 5.91. The molecule has 1 heterocycles. The molecule has 0 aliphatic heterocycles. The molecule has 70 valence electrons. The van der Waals surface area contributed by atoms with Gasteiger partial charge in [-0.25, -0.2) is 4.98 Å². The highest BCUT2D eigenvalue weighted by Crippen LogP contribution is 2.03. The first kappa shape index (κ1) is 9.44. The van der Waals surface area contributed by atoms with Gasteiger partial charge in [-0.3, -0.25) is 9.89 Å². The van der Waals surface area contributed by atoms with Crippen molar-refractivity contribution < 1.29 is 4.79 Å². The van der Waals surface area contributed by atoms with E-state index in [2.05, 4.69) is 21.8 Å². The molecule has 0 aliphatic rings. The molecule has 1 rings (SSSR count). The van der Waals surface area contributed by atoms with Gasteiger partial charge in [0.05, 0.1) is 0 Å².